The Kier molecular flexibility index (Phi) is 6.79. The van der Waals surface area contributed by atoms with Gasteiger partial charge in [0.2, 0.25) is 6.79 Å². The van der Waals surface area contributed by atoms with Crippen molar-refractivity contribution in [3.63, 3.8) is 0 Å². The van der Waals surface area contributed by atoms with Crippen molar-refractivity contribution < 1.29 is 33.3 Å². The van der Waals surface area contributed by atoms with Crippen molar-refractivity contribution in [2.24, 2.45) is 0 Å². The van der Waals surface area contributed by atoms with E-state index in [1.165, 1.54) is 20.1 Å². The van der Waals surface area contributed by atoms with Crippen LogP contribution in [0.1, 0.15) is 18.1 Å². The SMILES string of the molecule is COc1ccc(/C=C/C(=O)O[C@H](C)C(=O)NCc2ccc3c(c2)OCO3)cc1OC. The second-order valence-corrected chi connectivity index (χ2v) is 6.43. The Morgan fingerprint density at radius 3 is 2.60 bits per heavy atom. The monoisotopic (exact) mass is 413 g/mol. The first-order valence-electron chi connectivity index (χ1n) is 9.27. The second-order valence-electron chi connectivity index (χ2n) is 6.43. The Bertz CT molecular complexity index is 954. The van der Waals surface area contributed by atoms with E-state index < -0.39 is 18.0 Å². The molecule has 0 saturated heterocycles. The third-order valence-electron chi connectivity index (χ3n) is 4.39. The predicted molar refractivity (Wildman–Crippen MR) is 109 cm³/mol. The van der Waals surface area contributed by atoms with Crippen LogP contribution >= 0.6 is 0 Å². The van der Waals surface area contributed by atoms with Gasteiger partial charge < -0.3 is 29.0 Å². The van der Waals surface area contributed by atoms with E-state index in [1.54, 1.807) is 43.5 Å². The minimum Gasteiger partial charge on any atom is -0.493 e. The largest absolute Gasteiger partial charge is 0.493 e. The summed E-state index contributed by atoms with van der Waals surface area (Å²) < 4.78 is 26.1. The van der Waals surface area contributed by atoms with Crippen LogP contribution in [0.3, 0.4) is 0 Å². The molecule has 0 aromatic heterocycles. The molecule has 8 nitrogen and oxygen atoms in total. The molecule has 30 heavy (non-hydrogen) atoms. The first-order chi connectivity index (χ1) is 14.5. The maximum Gasteiger partial charge on any atom is 0.331 e. The number of nitrogens with one attached hydrogen (secondary N) is 1. The Morgan fingerprint density at radius 1 is 1.07 bits per heavy atom. The summed E-state index contributed by atoms with van der Waals surface area (Å²) >= 11 is 0. The van der Waals surface area contributed by atoms with Crippen LogP contribution in [0, 0.1) is 0 Å². The van der Waals surface area contributed by atoms with Crippen molar-refractivity contribution in [2.75, 3.05) is 21.0 Å². The zero-order chi connectivity index (χ0) is 21.5. The number of carbonyl (C=O) groups excluding carboxylic acids is 2. The molecule has 8 heteroatoms. The van der Waals surface area contributed by atoms with Crippen LogP contribution in [0.15, 0.2) is 42.5 Å². The summed E-state index contributed by atoms with van der Waals surface area (Å²) in [7, 11) is 3.08. The molecule has 0 bridgehead atoms. The normalized spacial score (nSPS) is 13.0. The Hall–Kier alpha value is -3.68. The van der Waals surface area contributed by atoms with Crippen LogP contribution < -0.4 is 24.3 Å². The first-order valence-corrected chi connectivity index (χ1v) is 9.27. The lowest BCUT2D eigenvalue weighted by Crippen LogP contribution is -2.35. The van der Waals surface area contributed by atoms with Gasteiger partial charge in [-0.25, -0.2) is 4.79 Å². The zero-order valence-corrected chi connectivity index (χ0v) is 17.0. The molecule has 1 N–H and O–H groups in total. The van der Waals surface area contributed by atoms with Crippen LogP contribution in [0.25, 0.3) is 6.08 Å². The van der Waals surface area contributed by atoms with E-state index in [4.69, 9.17) is 23.7 Å². The van der Waals surface area contributed by atoms with Gasteiger partial charge in [0.1, 0.15) is 0 Å². The molecule has 0 saturated carbocycles. The number of methoxy groups -OCH3 is 2. The summed E-state index contributed by atoms with van der Waals surface area (Å²) in [6.45, 7) is 1.98. The summed E-state index contributed by atoms with van der Waals surface area (Å²) in [4.78, 5) is 24.3. The smallest absolute Gasteiger partial charge is 0.331 e. The lowest BCUT2D eigenvalue weighted by Gasteiger charge is -2.12. The summed E-state index contributed by atoms with van der Waals surface area (Å²) in [5.74, 6) is 1.42. The molecule has 0 fully saturated rings. The van der Waals surface area contributed by atoms with Gasteiger partial charge >= 0.3 is 5.97 Å². The third kappa shape index (κ3) is 5.22. The number of ether oxygens (including phenoxy) is 5. The fraction of sp³-hybridized carbons (Fsp3) is 0.273. The van der Waals surface area contributed by atoms with Gasteiger partial charge in [0, 0.05) is 12.6 Å². The highest BCUT2D eigenvalue weighted by molar-refractivity contribution is 5.90. The number of fused-ring (bicyclic) bond motifs is 1. The average molecular weight is 413 g/mol. The van der Waals surface area contributed by atoms with Crippen LogP contribution in [0.5, 0.6) is 23.0 Å². The predicted octanol–water partition coefficient (Wildman–Crippen LogP) is 2.69. The van der Waals surface area contributed by atoms with Gasteiger partial charge in [-0.1, -0.05) is 12.1 Å². The van der Waals surface area contributed by atoms with Gasteiger partial charge in [-0.15, -0.1) is 0 Å². The maximum absolute atomic E-state index is 12.2. The molecule has 0 aliphatic carbocycles. The van der Waals surface area contributed by atoms with Crippen molar-refractivity contribution in [2.45, 2.75) is 19.6 Å². The molecular formula is C22H23NO7. The second kappa shape index (κ2) is 9.69. The van der Waals surface area contributed by atoms with Gasteiger partial charge in [0.05, 0.1) is 14.2 Å². The molecule has 3 rings (SSSR count). The lowest BCUT2D eigenvalue weighted by atomic mass is 10.2. The summed E-state index contributed by atoms with van der Waals surface area (Å²) in [5.41, 5.74) is 1.57. The van der Waals surface area contributed by atoms with E-state index in [1.807, 2.05) is 6.07 Å². The molecule has 0 spiro atoms. The van der Waals surface area contributed by atoms with E-state index in [2.05, 4.69) is 5.32 Å². The molecule has 1 amide bonds. The molecule has 1 heterocycles. The van der Waals surface area contributed by atoms with Crippen LogP contribution in [0.2, 0.25) is 0 Å². The van der Waals surface area contributed by atoms with Crippen molar-refractivity contribution in [3.8, 4) is 23.0 Å². The quantitative estimate of drug-likeness (QED) is 0.525. The molecule has 1 atom stereocenters. The van der Waals surface area contributed by atoms with Crippen LogP contribution in [-0.2, 0) is 20.9 Å². The summed E-state index contributed by atoms with van der Waals surface area (Å²) in [6.07, 6.45) is 1.88. The maximum atomic E-state index is 12.2. The van der Waals surface area contributed by atoms with E-state index in [0.29, 0.717) is 23.0 Å². The van der Waals surface area contributed by atoms with Gasteiger partial charge in [0.25, 0.3) is 5.91 Å². The standard InChI is InChI=1S/C22H23NO7/c1-14(22(25)23-12-16-5-8-18-20(11-16)29-13-28-18)30-21(24)9-6-15-4-7-17(26-2)19(10-15)27-3/h4-11,14H,12-13H2,1-3H3,(H,23,25)/b9-6+/t14-/m1/s1. The van der Waals surface area contributed by atoms with Crippen molar-refractivity contribution in [1.82, 2.24) is 5.32 Å². The average Bonchev–Trinajstić information content (AvgIpc) is 3.23. The van der Waals surface area contributed by atoms with Crippen molar-refractivity contribution in [3.05, 3.63) is 53.6 Å². The highest BCUT2D eigenvalue weighted by Gasteiger charge is 2.17. The molecule has 1 aliphatic heterocycles. The highest BCUT2D eigenvalue weighted by Crippen LogP contribution is 2.32. The lowest BCUT2D eigenvalue weighted by molar-refractivity contribution is -0.150. The molecule has 2 aromatic rings. The Morgan fingerprint density at radius 2 is 1.83 bits per heavy atom. The minimum absolute atomic E-state index is 0.189. The number of hydrogen-bond acceptors (Lipinski definition) is 7. The summed E-state index contributed by atoms with van der Waals surface area (Å²) in [5, 5.41) is 2.73. The molecule has 0 unspecified atom stereocenters. The van der Waals surface area contributed by atoms with E-state index in [-0.39, 0.29) is 13.3 Å². The topological polar surface area (TPSA) is 92.3 Å². The Balaban J connectivity index is 1.49. The molecule has 0 radical (unpaired) electrons. The fourth-order valence-electron chi connectivity index (χ4n) is 2.77. The van der Waals surface area contributed by atoms with Gasteiger partial charge in [-0.05, 0) is 48.4 Å². The first kappa shape index (κ1) is 21.0. The fourth-order valence-corrected chi connectivity index (χ4v) is 2.77. The summed E-state index contributed by atoms with van der Waals surface area (Å²) in [6, 6.07) is 10.6. The number of rotatable bonds is 8. The van der Waals surface area contributed by atoms with E-state index >= 15 is 0 Å². The van der Waals surface area contributed by atoms with Crippen molar-refractivity contribution >= 4 is 18.0 Å². The van der Waals surface area contributed by atoms with Gasteiger partial charge in [0.15, 0.2) is 29.1 Å². The molecule has 2 aromatic carbocycles. The van der Waals surface area contributed by atoms with Crippen LogP contribution in [0.4, 0.5) is 0 Å². The number of amides is 1. The van der Waals surface area contributed by atoms with Crippen molar-refractivity contribution in [1.29, 1.82) is 0 Å². The van der Waals surface area contributed by atoms with E-state index in [0.717, 1.165) is 11.1 Å². The number of esters is 1. The molecule has 1 aliphatic rings. The minimum atomic E-state index is -0.943. The highest BCUT2D eigenvalue weighted by atomic mass is 16.7. The van der Waals surface area contributed by atoms with Crippen LogP contribution in [-0.4, -0.2) is 39.0 Å². The Labute approximate surface area is 174 Å². The molecular weight excluding hydrogens is 390 g/mol. The van der Waals surface area contributed by atoms with Gasteiger partial charge in [-0.2, -0.15) is 0 Å². The molecule has 158 valence electrons. The van der Waals surface area contributed by atoms with Gasteiger partial charge in [-0.3, -0.25) is 4.79 Å². The van der Waals surface area contributed by atoms with E-state index in [9.17, 15) is 9.59 Å². The third-order valence-corrected chi connectivity index (χ3v) is 4.39. The number of carbonyl (C=O) groups is 2. The number of hydrogen-bond donors (Lipinski definition) is 1. The number of benzene rings is 2. The zero-order valence-electron chi connectivity index (χ0n) is 17.0.